The molecule has 0 aliphatic rings. The smallest absolute Gasteiger partial charge is 0.303 e. The van der Waals surface area contributed by atoms with E-state index in [2.05, 4.69) is 0 Å². The van der Waals surface area contributed by atoms with Crippen molar-refractivity contribution >= 4 is 11.9 Å². The van der Waals surface area contributed by atoms with Gasteiger partial charge in [-0.3, -0.25) is 9.59 Å². The van der Waals surface area contributed by atoms with E-state index in [0.29, 0.717) is 13.1 Å². The van der Waals surface area contributed by atoms with Crippen molar-refractivity contribution in [2.24, 2.45) is 0 Å². The zero-order valence-corrected chi connectivity index (χ0v) is 11.6. The van der Waals surface area contributed by atoms with E-state index in [-0.39, 0.29) is 18.7 Å². The minimum atomic E-state index is -0.930. The lowest BCUT2D eigenvalue weighted by Gasteiger charge is -2.22. The molecule has 1 rings (SSSR count). The summed E-state index contributed by atoms with van der Waals surface area (Å²) in [7, 11) is 0. The lowest BCUT2D eigenvalue weighted by molar-refractivity contribution is -0.141. The molecule has 0 spiro atoms. The van der Waals surface area contributed by atoms with Gasteiger partial charge in [0.15, 0.2) is 0 Å². The van der Waals surface area contributed by atoms with Crippen LogP contribution in [0.15, 0.2) is 24.3 Å². The molecule has 0 bridgehead atoms. The van der Waals surface area contributed by atoms with Gasteiger partial charge in [0.05, 0.1) is 6.42 Å². The normalized spacial score (nSPS) is 10.2. The highest BCUT2D eigenvalue weighted by Gasteiger charge is 2.14. The number of carboxylic acids is 1. The Bertz CT molecular complexity index is 426. The zero-order valence-electron chi connectivity index (χ0n) is 11.6. The molecular formula is C15H21NO3. The predicted octanol–water partition coefficient (Wildman–Crippen LogP) is 2.60. The molecule has 0 aliphatic heterocycles. The second-order valence-electron chi connectivity index (χ2n) is 4.69. The van der Waals surface area contributed by atoms with Crippen molar-refractivity contribution < 1.29 is 14.7 Å². The van der Waals surface area contributed by atoms with Gasteiger partial charge in [-0.2, -0.15) is 0 Å². The van der Waals surface area contributed by atoms with Crippen molar-refractivity contribution in [1.29, 1.82) is 0 Å². The highest BCUT2D eigenvalue weighted by molar-refractivity contribution is 5.80. The first-order chi connectivity index (χ1) is 9.02. The molecule has 0 radical (unpaired) electrons. The van der Waals surface area contributed by atoms with Crippen LogP contribution in [-0.4, -0.2) is 28.4 Å². The van der Waals surface area contributed by atoms with E-state index < -0.39 is 5.97 Å². The molecule has 1 aromatic carbocycles. The van der Waals surface area contributed by atoms with E-state index in [1.165, 1.54) is 5.56 Å². The minimum Gasteiger partial charge on any atom is -0.481 e. The molecule has 0 aromatic heterocycles. The number of hydrogen-bond donors (Lipinski definition) is 1. The number of benzene rings is 1. The van der Waals surface area contributed by atoms with E-state index in [0.717, 1.165) is 12.0 Å². The van der Waals surface area contributed by atoms with Crippen molar-refractivity contribution in [1.82, 2.24) is 4.90 Å². The van der Waals surface area contributed by atoms with Gasteiger partial charge >= 0.3 is 5.97 Å². The van der Waals surface area contributed by atoms with Gasteiger partial charge in [-0.05, 0) is 18.9 Å². The van der Waals surface area contributed by atoms with Crippen molar-refractivity contribution in [3.05, 3.63) is 35.4 Å². The molecule has 0 fully saturated rings. The lowest BCUT2D eigenvalue weighted by atomic mass is 10.1. The summed E-state index contributed by atoms with van der Waals surface area (Å²) in [6, 6.07) is 8.04. The number of carboxylic acid groups (broad SMARTS) is 1. The van der Waals surface area contributed by atoms with Crippen LogP contribution in [0.4, 0.5) is 0 Å². The maximum Gasteiger partial charge on any atom is 0.303 e. The molecule has 1 aromatic rings. The third kappa shape index (κ3) is 5.55. The van der Waals surface area contributed by atoms with E-state index in [4.69, 9.17) is 5.11 Å². The molecule has 0 heterocycles. The summed E-state index contributed by atoms with van der Waals surface area (Å²) in [5.41, 5.74) is 2.26. The number of carbonyl (C=O) groups excluding carboxylic acids is 1. The Morgan fingerprint density at radius 2 is 1.79 bits per heavy atom. The summed E-state index contributed by atoms with van der Waals surface area (Å²) in [6.07, 6.45) is 0.832. The number of carbonyl (C=O) groups is 2. The summed E-state index contributed by atoms with van der Waals surface area (Å²) in [5, 5.41) is 8.62. The maximum atomic E-state index is 12.0. The Balaban J connectivity index is 2.63. The van der Waals surface area contributed by atoms with Gasteiger partial charge in [-0.15, -0.1) is 0 Å². The molecule has 0 saturated heterocycles. The Morgan fingerprint density at radius 3 is 2.32 bits per heavy atom. The topological polar surface area (TPSA) is 57.6 Å². The zero-order chi connectivity index (χ0) is 14.3. The summed E-state index contributed by atoms with van der Waals surface area (Å²) < 4.78 is 0. The van der Waals surface area contributed by atoms with E-state index in [9.17, 15) is 9.59 Å². The number of aliphatic carboxylic acids is 1. The van der Waals surface area contributed by atoms with Gasteiger partial charge in [-0.1, -0.05) is 36.8 Å². The fourth-order valence-corrected chi connectivity index (χ4v) is 1.85. The number of rotatable bonds is 7. The van der Waals surface area contributed by atoms with Crippen molar-refractivity contribution in [2.45, 2.75) is 39.7 Å². The second-order valence-corrected chi connectivity index (χ2v) is 4.69. The van der Waals surface area contributed by atoms with Gasteiger partial charge in [0.1, 0.15) is 0 Å². The van der Waals surface area contributed by atoms with E-state index >= 15 is 0 Å². The van der Waals surface area contributed by atoms with Gasteiger partial charge in [0, 0.05) is 19.5 Å². The van der Waals surface area contributed by atoms with E-state index in [1.807, 2.05) is 38.1 Å². The summed E-state index contributed by atoms with van der Waals surface area (Å²) in [5.74, 6) is -1.02. The highest BCUT2D eigenvalue weighted by Crippen LogP contribution is 2.09. The summed E-state index contributed by atoms with van der Waals surface area (Å²) in [6.45, 7) is 5.23. The van der Waals surface area contributed by atoms with Crippen molar-refractivity contribution in [2.75, 3.05) is 6.54 Å². The summed E-state index contributed by atoms with van der Waals surface area (Å²) >= 11 is 0. The lowest BCUT2D eigenvalue weighted by Crippen LogP contribution is -2.31. The number of nitrogens with zero attached hydrogens (tertiary/aromatic N) is 1. The van der Waals surface area contributed by atoms with Gasteiger partial charge in [0.25, 0.3) is 0 Å². The molecule has 4 heteroatoms. The highest BCUT2D eigenvalue weighted by atomic mass is 16.4. The summed E-state index contributed by atoms with van der Waals surface area (Å²) in [4.78, 5) is 24.2. The fourth-order valence-electron chi connectivity index (χ4n) is 1.85. The third-order valence-corrected chi connectivity index (χ3v) is 2.89. The molecule has 104 valence electrons. The molecule has 1 amide bonds. The van der Waals surface area contributed by atoms with E-state index in [1.54, 1.807) is 4.90 Å². The van der Waals surface area contributed by atoms with Crippen LogP contribution in [0.2, 0.25) is 0 Å². The van der Waals surface area contributed by atoms with Crippen LogP contribution < -0.4 is 0 Å². The Labute approximate surface area is 114 Å². The van der Waals surface area contributed by atoms with Gasteiger partial charge in [0.2, 0.25) is 5.91 Å². The second kappa shape index (κ2) is 7.56. The van der Waals surface area contributed by atoms with Crippen LogP contribution in [0.5, 0.6) is 0 Å². The van der Waals surface area contributed by atoms with Crippen LogP contribution in [0, 0.1) is 6.92 Å². The average Bonchev–Trinajstić information content (AvgIpc) is 2.38. The molecule has 0 unspecified atom stereocenters. The van der Waals surface area contributed by atoms with Crippen LogP contribution in [0.25, 0.3) is 0 Å². The fraction of sp³-hybridized carbons (Fsp3) is 0.467. The average molecular weight is 263 g/mol. The molecule has 19 heavy (non-hydrogen) atoms. The van der Waals surface area contributed by atoms with Gasteiger partial charge < -0.3 is 10.0 Å². The first-order valence-electron chi connectivity index (χ1n) is 6.58. The largest absolute Gasteiger partial charge is 0.481 e. The molecular weight excluding hydrogens is 242 g/mol. The van der Waals surface area contributed by atoms with Crippen molar-refractivity contribution in [3.63, 3.8) is 0 Å². The first-order valence-corrected chi connectivity index (χ1v) is 6.58. The Kier molecular flexibility index (Phi) is 6.06. The molecule has 4 nitrogen and oxygen atoms in total. The number of aryl methyl sites for hydroxylation is 1. The van der Waals surface area contributed by atoms with Crippen LogP contribution in [-0.2, 0) is 16.1 Å². The Hall–Kier alpha value is -1.84. The van der Waals surface area contributed by atoms with Crippen LogP contribution in [0.1, 0.15) is 37.3 Å². The SMILES string of the molecule is CCCN(Cc1ccc(C)cc1)C(=O)CCC(=O)O. The monoisotopic (exact) mass is 263 g/mol. The number of amides is 1. The maximum absolute atomic E-state index is 12.0. The van der Waals surface area contributed by atoms with Crippen LogP contribution >= 0.6 is 0 Å². The molecule has 0 saturated carbocycles. The predicted molar refractivity (Wildman–Crippen MR) is 73.8 cm³/mol. The molecule has 1 N–H and O–H groups in total. The standard InChI is InChI=1S/C15H21NO3/c1-3-10-16(14(17)8-9-15(18)19)11-13-6-4-12(2)5-7-13/h4-7H,3,8-11H2,1-2H3,(H,18,19). The molecule has 0 aliphatic carbocycles. The van der Waals surface area contributed by atoms with Crippen molar-refractivity contribution in [3.8, 4) is 0 Å². The quantitative estimate of drug-likeness (QED) is 0.822. The number of hydrogen-bond acceptors (Lipinski definition) is 2. The Morgan fingerprint density at radius 1 is 1.16 bits per heavy atom. The first kappa shape index (κ1) is 15.2. The van der Waals surface area contributed by atoms with Gasteiger partial charge in [-0.25, -0.2) is 0 Å². The van der Waals surface area contributed by atoms with Crippen LogP contribution in [0.3, 0.4) is 0 Å². The molecule has 0 atom stereocenters. The third-order valence-electron chi connectivity index (χ3n) is 2.89. The minimum absolute atomic E-state index is 0.0706.